The standard InChI is InChI=1S/C9H6ClF3N4/c1-17-4-15-16-8(17)7-6(10)2-5(3-14-7)9(11,12)13/h2-4H,1H3. The van der Waals surface area contributed by atoms with Crippen LogP contribution in [-0.2, 0) is 13.2 Å². The van der Waals surface area contributed by atoms with Crippen LogP contribution < -0.4 is 0 Å². The summed E-state index contributed by atoms with van der Waals surface area (Å²) < 4.78 is 38.7. The Kier molecular flexibility index (Phi) is 2.78. The number of rotatable bonds is 1. The van der Waals surface area contributed by atoms with E-state index in [0.29, 0.717) is 5.82 Å². The van der Waals surface area contributed by atoms with Gasteiger partial charge in [0.15, 0.2) is 5.82 Å². The molecule has 0 N–H and O–H groups in total. The van der Waals surface area contributed by atoms with Gasteiger partial charge in [-0.25, -0.2) is 0 Å². The van der Waals surface area contributed by atoms with Gasteiger partial charge in [-0.3, -0.25) is 4.98 Å². The first-order chi connectivity index (χ1) is 7.89. The van der Waals surface area contributed by atoms with Crippen molar-refractivity contribution in [1.82, 2.24) is 19.7 Å². The minimum atomic E-state index is -4.46. The number of pyridine rings is 1. The SMILES string of the molecule is Cn1cnnc1-c1ncc(C(F)(F)F)cc1Cl. The Labute approximate surface area is 99.1 Å². The summed E-state index contributed by atoms with van der Waals surface area (Å²) in [7, 11) is 1.64. The second-order valence-corrected chi connectivity index (χ2v) is 3.72. The summed E-state index contributed by atoms with van der Waals surface area (Å²) in [4.78, 5) is 3.67. The molecule has 0 atom stereocenters. The molecule has 2 heterocycles. The number of aromatic nitrogens is 4. The van der Waals surface area contributed by atoms with Gasteiger partial charge >= 0.3 is 6.18 Å². The molecule has 0 spiro atoms. The molecule has 0 saturated carbocycles. The molecular weight excluding hydrogens is 257 g/mol. The number of hydrogen-bond donors (Lipinski definition) is 0. The fourth-order valence-corrected chi connectivity index (χ4v) is 1.51. The molecular formula is C9H6ClF3N4. The van der Waals surface area contributed by atoms with Crippen molar-refractivity contribution in [3.63, 3.8) is 0 Å². The highest BCUT2D eigenvalue weighted by Crippen LogP contribution is 2.33. The quantitative estimate of drug-likeness (QED) is 0.793. The highest BCUT2D eigenvalue weighted by molar-refractivity contribution is 6.32. The molecule has 2 aromatic rings. The van der Waals surface area contributed by atoms with E-state index in [1.807, 2.05) is 0 Å². The monoisotopic (exact) mass is 262 g/mol. The molecule has 17 heavy (non-hydrogen) atoms. The molecule has 0 unspecified atom stereocenters. The predicted octanol–water partition coefficient (Wildman–Crippen LogP) is 2.55. The van der Waals surface area contributed by atoms with Crippen molar-refractivity contribution in [2.75, 3.05) is 0 Å². The Morgan fingerprint density at radius 3 is 2.53 bits per heavy atom. The maximum Gasteiger partial charge on any atom is 0.417 e. The van der Waals surface area contributed by atoms with Gasteiger partial charge < -0.3 is 4.57 Å². The topological polar surface area (TPSA) is 43.6 Å². The summed E-state index contributed by atoms with van der Waals surface area (Å²) in [5, 5.41) is 7.21. The highest BCUT2D eigenvalue weighted by atomic mass is 35.5. The van der Waals surface area contributed by atoms with Crippen molar-refractivity contribution in [3.8, 4) is 11.5 Å². The Bertz CT molecular complexity index is 549. The lowest BCUT2D eigenvalue weighted by Crippen LogP contribution is -2.06. The molecule has 0 radical (unpaired) electrons. The normalized spacial score (nSPS) is 11.8. The van der Waals surface area contributed by atoms with Crippen LogP contribution in [0.15, 0.2) is 18.6 Å². The Balaban J connectivity index is 2.50. The fraction of sp³-hybridized carbons (Fsp3) is 0.222. The van der Waals surface area contributed by atoms with Crippen molar-refractivity contribution >= 4 is 11.6 Å². The summed E-state index contributed by atoms with van der Waals surface area (Å²) in [6.45, 7) is 0. The van der Waals surface area contributed by atoms with E-state index in [1.165, 1.54) is 10.9 Å². The number of alkyl halides is 3. The first kappa shape index (κ1) is 11.8. The van der Waals surface area contributed by atoms with Crippen LogP contribution in [0.2, 0.25) is 5.02 Å². The van der Waals surface area contributed by atoms with Crippen molar-refractivity contribution in [2.45, 2.75) is 6.18 Å². The zero-order chi connectivity index (χ0) is 12.6. The zero-order valence-electron chi connectivity index (χ0n) is 8.53. The third-order valence-electron chi connectivity index (χ3n) is 2.09. The van der Waals surface area contributed by atoms with Crippen LogP contribution in [0.1, 0.15) is 5.56 Å². The minimum absolute atomic E-state index is 0.115. The number of aryl methyl sites for hydroxylation is 1. The average molecular weight is 263 g/mol. The summed E-state index contributed by atoms with van der Waals surface area (Å²) in [6, 6.07) is 0.818. The Hall–Kier alpha value is -1.63. The second kappa shape index (κ2) is 3.99. The highest BCUT2D eigenvalue weighted by Gasteiger charge is 2.31. The lowest BCUT2D eigenvalue weighted by molar-refractivity contribution is -0.137. The maximum absolute atomic E-state index is 12.4. The third-order valence-corrected chi connectivity index (χ3v) is 2.38. The molecule has 0 aromatic carbocycles. The van der Waals surface area contributed by atoms with E-state index in [4.69, 9.17) is 11.6 Å². The summed E-state index contributed by atoms with van der Waals surface area (Å²) in [6.07, 6.45) is -2.34. The zero-order valence-corrected chi connectivity index (χ0v) is 9.29. The molecule has 4 nitrogen and oxygen atoms in total. The molecule has 90 valence electrons. The molecule has 2 rings (SSSR count). The fourth-order valence-electron chi connectivity index (χ4n) is 1.26. The van der Waals surface area contributed by atoms with E-state index in [1.54, 1.807) is 7.05 Å². The van der Waals surface area contributed by atoms with Crippen LogP contribution in [0.4, 0.5) is 13.2 Å². The van der Waals surface area contributed by atoms with Gasteiger partial charge in [0.25, 0.3) is 0 Å². The van der Waals surface area contributed by atoms with Gasteiger partial charge in [-0.15, -0.1) is 10.2 Å². The lowest BCUT2D eigenvalue weighted by atomic mass is 10.2. The molecule has 0 aliphatic rings. The molecule has 0 fully saturated rings. The first-order valence-electron chi connectivity index (χ1n) is 4.46. The summed E-state index contributed by atoms with van der Waals surface area (Å²) in [5.74, 6) is 0.309. The van der Waals surface area contributed by atoms with Crippen molar-refractivity contribution < 1.29 is 13.2 Å². The molecule has 0 amide bonds. The number of nitrogens with zero attached hydrogens (tertiary/aromatic N) is 4. The predicted molar refractivity (Wildman–Crippen MR) is 54.2 cm³/mol. The molecule has 0 saturated heterocycles. The van der Waals surface area contributed by atoms with Gasteiger partial charge in [-0.2, -0.15) is 13.2 Å². The number of halogens is 4. The minimum Gasteiger partial charge on any atom is -0.315 e. The molecule has 8 heteroatoms. The summed E-state index contributed by atoms with van der Waals surface area (Å²) >= 11 is 5.76. The molecule has 0 aliphatic heterocycles. The molecule has 2 aromatic heterocycles. The van der Waals surface area contributed by atoms with Crippen LogP contribution >= 0.6 is 11.6 Å². The lowest BCUT2D eigenvalue weighted by Gasteiger charge is -2.08. The maximum atomic E-state index is 12.4. The van der Waals surface area contributed by atoms with Crippen LogP contribution in [0.25, 0.3) is 11.5 Å². The van der Waals surface area contributed by atoms with Gasteiger partial charge in [0, 0.05) is 13.2 Å². The Morgan fingerprint density at radius 1 is 1.35 bits per heavy atom. The number of hydrogen-bond acceptors (Lipinski definition) is 3. The van der Waals surface area contributed by atoms with Gasteiger partial charge in [0.1, 0.15) is 12.0 Å². The van der Waals surface area contributed by atoms with E-state index < -0.39 is 11.7 Å². The van der Waals surface area contributed by atoms with Gasteiger partial charge in [-0.1, -0.05) is 11.6 Å². The smallest absolute Gasteiger partial charge is 0.315 e. The van der Waals surface area contributed by atoms with Crippen LogP contribution in [-0.4, -0.2) is 19.7 Å². The van der Waals surface area contributed by atoms with E-state index in [2.05, 4.69) is 15.2 Å². The largest absolute Gasteiger partial charge is 0.417 e. The van der Waals surface area contributed by atoms with Crippen LogP contribution in [0.5, 0.6) is 0 Å². The van der Waals surface area contributed by atoms with Crippen LogP contribution in [0.3, 0.4) is 0 Å². The molecule has 0 bridgehead atoms. The third kappa shape index (κ3) is 2.23. The van der Waals surface area contributed by atoms with Crippen molar-refractivity contribution in [2.24, 2.45) is 7.05 Å². The first-order valence-corrected chi connectivity index (χ1v) is 4.84. The van der Waals surface area contributed by atoms with Crippen molar-refractivity contribution in [3.05, 3.63) is 29.2 Å². The Morgan fingerprint density at radius 2 is 2.06 bits per heavy atom. The van der Waals surface area contributed by atoms with E-state index >= 15 is 0 Å². The van der Waals surface area contributed by atoms with Crippen LogP contribution in [0, 0.1) is 0 Å². The molecule has 0 aliphatic carbocycles. The van der Waals surface area contributed by atoms with Gasteiger partial charge in [0.05, 0.1) is 10.6 Å². The average Bonchev–Trinajstić information content (AvgIpc) is 2.63. The second-order valence-electron chi connectivity index (χ2n) is 3.32. The van der Waals surface area contributed by atoms with Gasteiger partial charge in [-0.05, 0) is 6.07 Å². The summed E-state index contributed by atoms with van der Waals surface area (Å²) in [5.41, 5.74) is -0.729. The van der Waals surface area contributed by atoms with E-state index in [9.17, 15) is 13.2 Å². The van der Waals surface area contributed by atoms with E-state index in [0.717, 1.165) is 12.3 Å². The van der Waals surface area contributed by atoms with Gasteiger partial charge in [0.2, 0.25) is 0 Å². The van der Waals surface area contributed by atoms with Crippen molar-refractivity contribution in [1.29, 1.82) is 0 Å². The van der Waals surface area contributed by atoms with E-state index in [-0.39, 0.29) is 10.7 Å².